The second-order valence-corrected chi connectivity index (χ2v) is 7.62. The Kier molecular flexibility index (Phi) is 6.00. The van der Waals surface area contributed by atoms with E-state index in [4.69, 9.17) is 9.47 Å². The van der Waals surface area contributed by atoms with Crippen molar-refractivity contribution in [1.29, 1.82) is 0 Å². The summed E-state index contributed by atoms with van der Waals surface area (Å²) in [5.74, 6) is 0.877. The van der Waals surface area contributed by atoms with Gasteiger partial charge in [0.2, 0.25) is 0 Å². The predicted octanol–water partition coefficient (Wildman–Crippen LogP) is 4.27. The number of fused-ring (bicyclic) bond motifs is 3. The van der Waals surface area contributed by atoms with Crippen LogP contribution in [0.2, 0.25) is 0 Å². The minimum Gasteiger partial charge on any atom is -0.374 e. The summed E-state index contributed by atoms with van der Waals surface area (Å²) in [6.07, 6.45) is 4.11. The van der Waals surface area contributed by atoms with Crippen LogP contribution >= 0.6 is 0 Å². The van der Waals surface area contributed by atoms with Crippen molar-refractivity contribution in [3.63, 3.8) is 0 Å². The molecule has 3 aliphatic heterocycles. The number of rotatable bonds is 8. The molecule has 2 atom stereocenters. The average molecular weight is 351 g/mol. The van der Waals surface area contributed by atoms with Crippen LogP contribution in [0.15, 0.2) is 60.7 Å². The third kappa shape index (κ3) is 4.53. The van der Waals surface area contributed by atoms with Crippen LogP contribution in [0.1, 0.15) is 30.4 Å². The Labute approximate surface area is 156 Å². The van der Waals surface area contributed by atoms with Crippen molar-refractivity contribution in [1.82, 2.24) is 4.90 Å². The normalized spacial score (nSPS) is 25.9. The lowest BCUT2D eigenvalue weighted by atomic mass is 9.81. The standard InChI is InChI=1S/C23H29NO2/c1-3-7-20(8-4-1)16-25-18-23(26-17-21-9-5-2-6-10-21)22-15-19-11-13-24(22)14-12-19/h1-10,19,22-23H,11-18H2/t22?,23-/m1/s1. The van der Waals surface area contributed by atoms with Crippen LogP contribution < -0.4 is 0 Å². The molecule has 1 unspecified atom stereocenters. The largest absolute Gasteiger partial charge is 0.374 e. The molecule has 0 radical (unpaired) electrons. The summed E-state index contributed by atoms with van der Waals surface area (Å²) in [4.78, 5) is 2.63. The second-order valence-electron chi connectivity index (χ2n) is 7.62. The summed E-state index contributed by atoms with van der Waals surface area (Å²) < 4.78 is 12.5. The summed E-state index contributed by atoms with van der Waals surface area (Å²) in [6, 6.07) is 21.4. The maximum Gasteiger partial charge on any atom is 0.0967 e. The van der Waals surface area contributed by atoms with Gasteiger partial charge in [-0.3, -0.25) is 4.90 Å². The van der Waals surface area contributed by atoms with Crippen LogP contribution in [-0.4, -0.2) is 36.7 Å². The van der Waals surface area contributed by atoms with Crippen molar-refractivity contribution < 1.29 is 9.47 Å². The van der Waals surface area contributed by atoms with Crippen molar-refractivity contribution in [3.05, 3.63) is 71.8 Å². The minimum atomic E-state index is 0.141. The highest BCUT2D eigenvalue weighted by atomic mass is 16.5. The van der Waals surface area contributed by atoms with Crippen LogP contribution in [0.5, 0.6) is 0 Å². The van der Waals surface area contributed by atoms with E-state index in [9.17, 15) is 0 Å². The van der Waals surface area contributed by atoms with Gasteiger partial charge in [0.05, 0.1) is 25.9 Å². The topological polar surface area (TPSA) is 21.7 Å². The summed E-state index contributed by atoms with van der Waals surface area (Å²) in [7, 11) is 0. The number of benzene rings is 2. The van der Waals surface area contributed by atoms with Crippen LogP contribution in [-0.2, 0) is 22.7 Å². The molecule has 2 bridgehead atoms. The first-order chi connectivity index (χ1) is 12.9. The quantitative estimate of drug-likeness (QED) is 0.709. The number of hydrogen-bond donors (Lipinski definition) is 0. The van der Waals surface area contributed by atoms with Gasteiger partial charge < -0.3 is 9.47 Å². The Morgan fingerprint density at radius 2 is 1.46 bits per heavy atom. The van der Waals surface area contributed by atoms with E-state index in [0.29, 0.717) is 25.9 Å². The molecule has 0 aliphatic carbocycles. The van der Waals surface area contributed by atoms with Gasteiger partial charge in [0.15, 0.2) is 0 Å². The maximum atomic E-state index is 6.39. The summed E-state index contributed by atoms with van der Waals surface area (Å²) >= 11 is 0. The van der Waals surface area contributed by atoms with Gasteiger partial charge in [-0.15, -0.1) is 0 Å². The first-order valence-corrected chi connectivity index (χ1v) is 9.90. The highest BCUT2D eigenvalue weighted by Crippen LogP contribution is 2.34. The van der Waals surface area contributed by atoms with E-state index >= 15 is 0 Å². The Balaban J connectivity index is 1.37. The molecule has 0 aromatic heterocycles. The summed E-state index contributed by atoms with van der Waals surface area (Å²) in [5, 5.41) is 0. The molecule has 0 N–H and O–H groups in total. The molecule has 0 spiro atoms. The van der Waals surface area contributed by atoms with Gasteiger partial charge in [-0.1, -0.05) is 60.7 Å². The molecule has 3 heteroatoms. The molecule has 3 nitrogen and oxygen atoms in total. The summed E-state index contributed by atoms with van der Waals surface area (Å²) in [5.41, 5.74) is 2.45. The lowest BCUT2D eigenvalue weighted by Crippen LogP contribution is -2.55. The molecule has 138 valence electrons. The molecule has 3 aliphatic rings. The Morgan fingerprint density at radius 3 is 2.04 bits per heavy atom. The fourth-order valence-corrected chi connectivity index (χ4v) is 4.31. The molecule has 3 saturated heterocycles. The van der Waals surface area contributed by atoms with Gasteiger partial charge in [-0.25, -0.2) is 0 Å². The maximum absolute atomic E-state index is 6.39. The third-order valence-corrected chi connectivity index (χ3v) is 5.82. The fourth-order valence-electron chi connectivity index (χ4n) is 4.31. The van der Waals surface area contributed by atoms with Crippen molar-refractivity contribution in [2.75, 3.05) is 19.7 Å². The molecule has 2 aromatic carbocycles. The monoisotopic (exact) mass is 351 g/mol. The van der Waals surface area contributed by atoms with Crippen molar-refractivity contribution >= 4 is 0 Å². The highest BCUT2D eigenvalue weighted by Gasteiger charge is 2.38. The second kappa shape index (κ2) is 8.81. The zero-order valence-electron chi connectivity index (χ0n) is 15.4. The van der Waals surface area contributed by atoms with Crippen molar-refractivity contribution in [2.24, 2.45) is 5.92 Å². The molecule has 3 heterocycles. The fraction of sp³-hybridized carbons (Fsp3) is 0.478. The van der Waals surface area contributed by atoms with E-state index < -0.39 is 0 Å². The van der Waals surface area contributed by atoms with E-state index in [0.717, 1.165) is 5.92 Å². The molecule has 5 rings (SSSR count). The van der Waals surface area contributed by atoms with Crippen molar-refractivity contribution in [3.8, 4) is 0 Å². The lowest BCUT2D eigenvalue weighted by Gasteiger charge is -2.48. The van der Waals surface area contributed by atoms with Gasteiger partial charge in [0, 0.05) is 6.04 Å². The number of ether oxygens (including phenoxy) is 2. The Bertz CT molecular complexity index is 652. The SMILES string of the molecule is c1ccc(COC[C@@H](OCc2ccccc2)C2CC3CCN2CC3)cc1. The van der Waals surface area contributed by atoms with Crippen molar-refractivity contribution in [2.45, 2.75) is 44.6 Å². The molecule has 0 amide bonds. The highest BCUT2D eigenvalue weighted by molar-refractivity contribution is 5.14. The molecule has 3 fully saturated rings. The van der Waals surface area contributed by atoms with Gasteiger partial charge in [0.1, 0.15) is 0 Å². The van der Waals surface area contributed by atoms with Crippen LogP contribution in [0.25, 0.3) is 0 Å². The first-order valence-electron chi connectivity index (χ1n) is 9.90. The van der Waals surface area contributed by atoms with Crippen LogP contribution in [0, 0.1) is 5.92 Å². The third-order valence-electron chi connectivity index (χ3n) is 5.82. The van der Waals surface area contributed by atoms with Gasteiger partial charge in [-0.2, -0.15) is 0 Å². The average Bonchev–Trinajstić information content (AvgIpc) is 2.73. The van der Waals surface area contributed by atoms with Gasteiger partial charge in [0.25, 0.3) is 0 Å². The van der Waals surface area contributed by atoms with E-state index in [2.05, 4.69) is 59.5 Å². The first kappa shape index (κ1) is 17.7. The van der Waals surface area contributed by atoms with E-state index in [1.165, 1.54) is 43.5 Å². The van der Waals surface area contributed by atoms with E-state index in [-0.39, 0.29) is 6.10 Å². The van der Waals surface area contributed by atoms with E-state index in [1.807, 2.05) is 6.07 Å². The molecular formula is C23H29NO2. The van der Waals surface area contributed by atoms with E-state index in [1.54, 1.807) is 0 Å². The molecule has 26 heavy (non-hydrogen) atoms. The van der Waals surface area contributed by atoms with Crippen LogP contribution in [0.3, 0.4) is 0 Å². The minimum absolute atomic E-state index is 0.141. The Morgan fingerprint density at radius 1 is 0.846 bits per heavy atom. The number of piperidine rings is 3. The molecule has 2 aromatic rings. The zero-order valence-corrected chi connectivity index (χ0v) is 15.4. The van der Waals surface area contributed by atoms with Crippen LogP contribution in [0.4, 0.5) is 0 Å². The smallest absolute Gasteiger partial charge is 0.0967 e. The molecule has 0 saturated carbocycles. The Hall–Kier alpha value is -1.68. The predicted molar refractivity (Wildman–Crippen MR) is 104 cm³/mol. The number of hydrogen-bond acceptors (Lipinski definition) is 3. The molecular weight excluding hydrogens is 322 g/mol. The zero-order chi connectivity index (χ0) is 17.6. The summed E-state index contributed by atoms with van der Waals surface area (Å²) in [6.45, 7) is 4.42. The number of nitrogens with zero attached hydrogens (tertiary/aromatic N) is 1. The van der Waals surface area contributed by atoms with Gasteiger partial charge in [-0.05, 0) is 49.4 Å². The van der Waals surface area contributed by atoms with Gasteiger partial charge >= 0.3 is 0 Å². The lowest BCUT2D eigenvalue weighted by molar-refractivity contribution is -0.101.